The zero-order valence-corrected chi connectivity index (χ0v) is 9.42. The highest BCUT2D eigenvalue weighted by Crippen LogP contribution is 2.26. The van der Waals surface area contributed by atoms with Crippen molar-refractivity contribution in [2.45, 2.75) is 34.6 Å². The summed E-state index contributed by atoms with van der Waals surface area (Å²) in [5.74, 6) is -1.03. The van der Waals surface area contributed by atoms with Gasteiger partial charge < -0.3 is 9.47 Å². The minimum absolute atomic E-state index is 0.146. The number of hydrogen-bond donors (Lipinski definition) is 0. The Balaban J connectivity index is 3.91. The van der Waals surface area contributed by atoms with Gasteiger partial charge in [0.2, 0.25) is 6.79 Å². The van der Waals surface area contributed by atoms with E-state index in [1.54, 1.807) is 6.92 Å². The highest BCUT2D eigenvalue weighted by molar-refractivity contribution is 5.73. The molecule has 0 aromatic rings. The van der Waals surface area contributed by atoms with Gasteiger partial charge in [-0.25, -0.2) is 0 Å². The van der Waals surface area contributed by atoms with E-state index in [4.69, 9.17) is 4.74 Å². The summed E-state index contributed by atoms with van der Waals surface area (Å²) >= 11 is 0. The molecule has 0 saturated carbocycles. The van der Waals surface area contributed by atoms with Crippen LogP contribution in [0.5, 0.6) is 0 Å². The first-order valence-electron chi connectivity index (χ1n) is 4.55. The number of carbonyl (C=O) groups is 2. The second-order valence-electron chi connectivity index (χ2n) is 4.30. The van der Waals surface area contributed by atoms with Gasteiger partial charge in [-0.1, -0.05) is 27.7 Å². The van der Waals surface area contributed by atoms with Crippen molar-refractivity contribution in [3.05, 3.63) is 0 Å². The molecule has 0 radical (unpaired) electrons. The lowest BCUT2D eigenvalue weighted by Crippen LogP contribution is -2.28. The van der Waals surface area contributed by atoms with Crippen LogP contribution >= 0.6 is 0 Å². The van der Waals surface area contributed by atoms with Crippen LogP contribution in [0.25, 0.3) is 0 Å². The van der Waals surface area contributed by atoms with Crippen LogP contribution in [-0.2, 0) is 19.1 Å². The fraction of sp³-hybridized carbons (Fsp3) is 0.800. The molecule has 1 atom stereocenters. The predicted octanol–water partition coefficient (Wildman–Crippen LogP) is 1.73. The van der Waals surface area contributed by atoms with E-state index in [1.807, 2.05) is 20.8 Å². The summed E-state index contributed by atoms with van der Waals surface area (Å²) in [6.45, 7) is 8.60. The van der Waals surface area contributed by atoms with Crippen LogP contribution in [0, 0.1) is 11.3 Å². The maximum Gasteiger partial charge on any atom is 0.312 e. The van der Waals surface area contributed by atoms with Crippen molar-refractivity contribution in [3.8, 4) is 0 Å². The smallest absolute Gasteiger partial charge is 0.312 e. The second kappa shape index (κ2) is 4.98. The van der Waals surface area contributed by atoms with Gasteiger partial charge in [-0.05, 0) is 5.41 Å². The van der Waals surface area contributed by atoms with Crippen molar-refractivity contribution in [1.29, 1.82) is 0 Å². The maximum atomic E-state index is 11.4. The van der Waals surface area contributed by atoms with E-state index in [0.29, 0.717) is 0 Å². The lowest BCUT2D eigenvalue weighted by atomic mass is 9.82. The van der Waals surface area contributed by atoms with Crippen molar-refractivity contribution in [3.63, 3.8) is 0 Å². The van der Waals surface area contributed by atoms with E-state index in [1.165, 1.54) is 6.92 Å². The van der Waals surface area contributed by atoms with Gasteiger partial charge in [-0.3, -0.25) is 9.59 Å². The summed E-state index contributed by atoms with van der Waals surface area (Å²) in [4.78, 5) is 21.7. The van der Waals surface area contributed by atoms with Gasteiger partial charge >= 0.3 is 11.9 Å². The molecule has 0 aliphatic carbocycles. The molecule has 82 valence electrons. The van der Waals surface area contributed by atoms with Gasteiger partial charge in [0.1, 0.15) is 0 Å². The summed E-state index contributed by atoms with van der Waals surface area (Å²) in [5, 5.41) is 0. The normalized spacial score (nSPS) is 13.2. The molecule has 0 aromatic heterocycles. The molecule has 0 spiro atoms. The van der Waals surface area contributed by atoms with Crippen molar-refractivity contribution >= 4 is 11.9 Å². The molecule has 0 N–H and O–H groups in total. The maximum absolute atomic E-state index is 11.4. The number of esters is 2. The first-order chi connectivity index (χ1) is 6.25. The highest BCUT2D eigenvalue weighted by Gasteiger charge is 2.28. The predicted molar refractivity (Wildman–Crippen MR) is 51.3 cm³/mol. The third-order valence-electron chi connectivity index (χ3n) is 2.12. The molecular formula is C10H18O4. The minimum Gasteiger partial charge on any atom is -0.428 e. The Bertz CT molecular complexity index is 215. The molecule has 4 heteroatoms. The SMILES string of the molecule is CC(=O)OCOC(=O)C(C)C(C)(C)C. The van der Waals surface area contributed by atoms with Crippen LogP contribution in [0.1, 0.15) is 34.6 Å². The van der Waals surface area contributed by atoms with E-state index in [0.717, 1.165) is 0 Å². The second-order valence-corrected chi connectivity index (χ2v) is 4.30. The van der Waals surface area contributed by atoms with Gasteiger partial charge in [-0.2, -0.15) is 0 Å². The quantitative estimate of drug-likeness (QED) is 0.516. The Morgan fingerprint density at radius 2 is 1.71 bits per heavy atom. The summed E-state index contributed by atoms with van der Waals surface area (Å²) in [5.41, 5.74) is -0.146. The Kier molecular flexibility index (Phi) is 4.60. The van der Waals surface area contributed by atoms with Crippen LogP contribution in [0.2, 0.25) is 0 Å². The molecule has 0 aromatic carbocycles. The Morgan fingerprint density at radius 3 is 2.07 bits per heavy atom. The van der Waals surface area contributed by atoms with Gasteiger partial charge in [0.05, 0.1) is 5.92 Å². The van der Waals surface area contributed by atoms with Crippen LogP contribution in [-0.4, -0.2) is 18.7 Å². The fourth-order valence-corrected chi connectivity index (χ4v) is 0.649. The molecule has 0 bridgehead atoms. The number of hydrogen-bond acceptors (Lipinski definition) is 4. The van der Waals surface area contributed by atoms with E-state index < -0.39 is 5.97 Å². The van der Waals surface area contributed by atoms with E-state index in [2.05, 4.69) is 4.74 Å². The zero-order valence-electron chi connectivity index (χ0n) is 9.42. The minimum atomic E-state index is -0.457. The summed E-state index contributed by atoms with van der Waals surface area (Å²) < 4.78 is 9.25. The lowest BCUT2D eigenvalue weighted by molar-refractivity contribution is -0.170. The molecule has 0 amide bonds. The molecule has 4 nitrogen and oxygen atoms in total. The molecule has 1 unspecified atom stereocenters. The molecule has 14 heavy (non-hydrogen) atoms. The fourth-order valence-electron chi connectivity index (χ4n) is 0.649. The van der Waals surface area contributed by atoms with Gasteiger partial charge in [0, 0.05) is 6.92 Å². The van der Waals surface area contributed by atoms with E-state index in [9.17, 15) is 9.59 Å². The molecule has 0 rings (SSSR count). The monoisotopic (exact) mass is 202 g/mol. The Labute approximate surface area is 84.6 Å². The highest BCUT2D eigenvalue weighted by atomic mass is 16.7. The molecule has 0 aliphatic heterocycles. The zero-order chi connectivity index (χ0) is 11.4. The first-order valence-corrected chi connectivity index (χ1v) is 4.55. The van der Waals surface area contributed by atoms with Crippen LogP contribution in [0.3, 0.4) is 0 Å². The number of rotatable bonds is 3. The standard InChI is InChI=1S/C10H18O4/c1-7(10(3,4)5)9(12)14-6-13-8(2)11/h7H,6H2,1-5H3. The third-order valence-corrected chi connectivity index (χ3v) is 2.12. The first kappa shape index (κ1) is 12.9. The van der Waals surface area contributed by atoms with E-state index in [-0.39, 0.29) is 24.1 Å². The van der Waals surface area contributed by atoms with Crippen LogP contribution in [0.4, 0.5) is 0 Å². The van der Waals surface area contributed by atoms with E-state index >= 15 is 0 Å². The van der Waals surface area contributed by atoms with Crippen molar-refractivity contribution in [2.24, 2.45) is 11.3 Å². The molecule has 0 saturated heterocycles. The summed E-state index contributed by atoms with van der Waals surface area (Å²) in [6.07, 6.45) is 0. The summed E-state index contributed by atoms with van der Waals surface area (Å²) in [7, 11) is 0. The molecule has 0 aliphatic rings. The van der Waals surface area contributed by atoms with Gasteiger partial charge in [0.15, 0.2) is 0 Å². The van der Waals surface area contributed by atoms with Gasteiger partial charge in [0.25, 0.3) is 0 Å². The molecule has 0 fully saturated rings. The largest absolute Gasteiger partial charge is 0.428 e. The molecular weight excluding hydrogens is 184 g/mol. The average Bonchev–Trinajstić information content (AvgIpc) is 2.00. The number of carbonyl (C=O) groups excluding carboxylic acids is 2. The van der Waals surface area contributed by atoms with Crippen molar-refractivity contribution < 1.29 is 19.1 Å². The van der Waals surface area contributed by atoms with Crippen LogP contribution < -0.4 is 0 Å². The number of ether oxygens (including phenoxy) is 2. The topological polar surface area (TPSA) is 52.6 Å². The van der Waals surface area contributed by atoms with Crippen LogP contribution in [0.15, 0.2) is 0 Å². The average molecular weight is 202 g/mol. The lowest BCUT2D eigenvalue weighted by Gasteiger charge is -2.24. The van der Waals surface area contributed by atoms with Crippen molar-refractivity contribution in [1.82, 2.24) is 0 Å². The Hall–Kier alpha value is -1.06. The molecule has 0 heterocycles. The van der Waals surface area contributed by atoms with Crippen molar-refractivity contribution in [2.75, 3.05) is 6.79 Å². The van der Waals surface area contributed by atoms with Gasteiger partial charge in [-0.15, -0.1) is 0 Å². The third kappa shape index (κ3) is 4.84. The Morgan fingerprint density at radius 1 is 1.21 bits per heavy atom. The summed E-state index contributed by atoms with van der Waals surface area (Å²) in [6, 6.07) is 0.